The van der Waals surface area contributed by atoms with Gasteiger partial charge in [-0.2, -0.15) is 10.1 Å². The molecule has 0 saturated carbocycles. The van der Waals surface area contributed by atoms with Crippen molar-refractivity contribution in [1.82, 2.24) is 20.2 Å². The summed E-state index contributed by atoms with van der Waals surface area (Å²) in [5, 5.41) is 13.6. The van der Waals surface area contributed by atoms with Gasteiger partial charge in [-0.05, 0) is 48.3 Å². The lowest BCUT2D eigenvalue weighted by Gasteiger charge is -2.48. The fourth-order valence-corrected chi connectivity index (χ4v) is 6.64. The molecule has 3 aromatic rings. The van der Waals surface area contributed by atoms with E-state index in [9.17, 15) is 12.8 Å². The number of hydrogen-bond donors (Lipinski definition) is 1. The maximum absolute atomic E-state index is 14.3. The summed E-state index contributed by atoms with van der Waals surface area (Å²) in [6.07, 6.45) is 4.54. The van der Waals surface area contributed by atoms with E-state index >= 15 is 0 Å². The molecule has 0 amide bonds. The van der Waals surface area contributed by atoms with E-state index in [1.807, 2.05) is 24.1 Å². The Hall–Kier alpha value is -3.08. The molecule has 2 aliphatic heterocycles. The van der Waals surface area contributed by atoms with E-state index in [0.29, 0.717) is 36.6 Å². The van der Waals surface area contributed by atoms with Gasteiger partial charge in [-0.15, -0.1) is 5.10 Å². The van der Waals surface area contributed by atoms with Gasteiger partial charge in [0.1, 0.15) is 21.8 Å². The van der Waals surface area contributed by atoms with Crippen LogP contribution in [0, 0.1) is 11.8 Å². The highest BCUT2D eigenvalue weighted by molar-refractivity contribution is 7.90. The maximum Gasteiger partial charge on any atom is 0.247 e. The standard InChI is InChI=1S/C27H36FN7O2S/c1-16(2)20-6-7-24(35-13-19(18(35)4)15-38(5,36)37)22-11-29-25(10-21(20)22)31-26-12-30-33-27(32-26)34-9-8-17(3)23(28)14-34/h6-7,10-12,16-19,23H,8-9,13-15H2,1-5H3,(H,29,31,32,33)/t17-,18+,19+,23+/m0/s1. The summed E-state index contributed by atoms with van der Waals surface area (Å²) in [5.74, 6) is 2.20. The summed E-state index contributed by atoms with van der Waals surface area (Å²) in [6, 6.07) is 6.42. The molecule has 2 aliphatic rings. The van der Waals surface area contributed by atoms with Gasteiger partial charge in [0.05, 0.1) is 18.5 Å². The summed E-state index contributed by atoms with van der Waals surface area (Å²) in [6.45, 7) is 10.00. The van der Waals surface area contributed by atoms with Crippen LogP contribution in [0.1, 0.15) is 45.6 Å². The zero-order valence-electron chi connectivity index (χ0n) is 22.6. The molecule has 2 saturated heterocycles. The zero-order chi connectivity index (χ0) is 27.2. The smallest absolute Gasteiger partial charge is 0.247 e. The van der Waals surface area contributed by atoms with Gasteiger partial charge in [-0.3, -0.25) is 0 Å². The van der Waals surface area contributed by atoms with Crippen LogP contribution in [0.3, 0.4) is 0 Å². The number of nitrogens with zero attached hydrogens (tertiary/aromatic N) is 6. The van der Waals surface area contributed by atoms with Crippen LogP contribution in [0.2, 0.25) is 0 Å². The molecule has 2 aromatic heterocycles. The Morgan fingerprint density at radius 1 is 1.13 bits per heavy atom. The zero-order valence-corrected chi connectivity index (χ0v) is 23.4. The van der Waals surface area contributed by atoms with Crippen LogP contribution in [0.5, 0.6) is 0 Å². The Kier molecular flexibility index (Phi) is 7.15. The third-order valence-electron chi connectivity index (χ3n) is 7.92. The summed E-state index contributed by atoms with van der Waals surface area (Å²) in [5.41, 5.74) is 2.26. The number of sulfone groups is 1. The van der Waals surface area contributed by atoms with Crippen LogP contribution in [0.25, 0.3) is 10.8 Å². The molecule has 0 unspecified atom stereocenters. The van der Waals surface area contributed by atoms with Crippen LogP contribution in [-0.2, 0) is 9.84 Å². The number of hydrogen-bond acceptors (Lipinski definition) is 9. The number of fused-ring (bicyclic) bond motifs is 1. The van der Waals surface area contributed by atoms with E-state index in [1.165, 1.54) is 11.8 Å². The molecule has 1 N–H and O–H groups in total. The first kappa shape index (κ1) is 26.5. The number of aromatic nitrogens is 4. The molecule has 11 heteroatoms. The molecule has 4 heterocycles. The van der Waals surface area contributed by atoms with Gasteiger partial charge in [0.15, 0.2) is 5.82 Å². The quantitative estimate of drug-likeness (QED) is 0.468. The fourth-order valence-electron chi connectivity index (χ4n) is 5.48. The number of nitrogens with one attached hydrogen (secondary N) is 1. The number of pyridine rings is 1. The lowest BCUT2D eigenvalue weighted by molar-refractivity contribution is 0.210. The molecular formula is C27H36FN7O2S. The molecule has 0 radical (unpaired) electrons. The van der Waals surface area contributed by atoms with Gasteiger partial charge in [0.2, 0.25) is 5.95 Å². The first-order chi connectivity index (χ1) is 18.0. The van der Waals surface area contributed by atoms with Crippen LogP contribution in [0.15, 0.2) is 30.6 Å². The summed E-state index contributed by atoms with van der Waals surface area (Å²) < 4.78 is 37.9. The number of alkyl halides is 1. The molecular weight excluding hydrogens is 505 g/mol. The Labute approximate surface area is 223 Å². The van der Waals surface area contributed by atoms with Crippen molar-refractivity contribution in [3.63, 3.8) is 0 Å². The molecule has 1 aromatic carbocycles. The second kappa shape index (κ2) is 10.2. The van der Waals surface area contributed by atoms with E-state index in [2.05, 4.69) is 63.3 Å². The predicted molar refractivity (Wildman–Crippen MR) is 150 cm³/mol. The first-order valence-electron chi connectivity index (χ1n) is 13.2. The van der Waals surface area contributed by atoms with Crippen molar-refractivity contribution >= 4 is 43.9 Å². The van der Waals surface area contributed by atoms with Crippen LogP contribution in [-0.4, -0.2) is 72.4 Å². The van der Waals surface area contributed by atoms with Crippen molar-refractivity contribution in [3.05, 3.63) is 36.2 Å². The van der Waals surface area contributed by atoms with E-state index in [-0.39, 0.29) is 30.2 Å². The van der Waals surface area contributed by atoms with Gasteiger partial charge in [-0.25, -0.2) is 17.8 Å². The Bertz CT molecular complexity index is 1430. The van der Waals surface area contributed by atoms with Crippen molar-refractivity contribution in [3.8, 4) is 0 Å². The van der Waals surface area contributed by atoms with Crippen molar-refractivity contribution in [2.24, 2.45) is 11.8 Å². The van der Waals surface area contributed by atoms with Crippen molar-refractivity contribution in [2.45, 2.75) is 52.2 Å². The van der Waals surface area contributed by atoms with Crippen molar-refractivity contribution in [2.75, 3.05) is 46.8 Å². The lowest BCUT2D eigenvalue weighted by Crippen LogP contribution is -2.57. The molecule has 5 rings (SSSR count). The van der Waals surface area contributed by atoms with Gasteiger partial charge >= 0.3 is 0 Å². The minimum Gasteiger partial charge on any atom is -0.368 e. The van der Waals surface area contributed by atoms with Gasteiger partial charge in [-0.1, -0.05) is 26.8 Å². The van der Waals surface area contributed by atoms with Crippen LogP contribution in [0.4, 0.5) is 27.7 Å². The third-order valence-corrected chi connectivity index (χ3v) is 8.95. The van der Waals surface area contributed by atoms with Gasteiger partial charge in [0.25, 0.3) is 0 Å². The Balaban J connectivity index is 1.41. The maximum atomic E-state index is 14.3. The molecule has 204 valence electrons. The number of piperidine rings is 1. The van der Waals surface area contributed by atoms with E-state index in [4.69, 9.17) is 0 Å². The monoisotopic (exact) mass is 541 g/mol. The number of anilines is 4. The molecule has 0 aliphatic carbocycles. The summed E-state index contributed by atoms with van der Waals surface area (Å²) in [4.78, 5) is 13.4. The minimum absolute atomic E-state index is 0.0344. The summed E-state index contributed by atoms with van der Waals surface area (Å²) >= 11 is 0. The molecule has 4 atom stereocenters. The van der Waals surface area contributed by atoms with Crippen LogP contribution >= 0.6 is 0 Å². The second-order valence-corrected chi connectivity index (χ2v) is 13.4. The van der Waals surface area contributed by atoms with E-state index in [0.717, 1.165) is 22.9 Å². The van der Waals surface area contributed by atoms with Gasteiger partial charge in [0, 0.05) is 48.6 Å². The predicted octanol–water partition coefficient (Wildman–Crippen LogP) is 4.34. The second-order valence-electron chi connectivity index (χ2n) is 11.2. The molecule has 2 fully saturated rings. The Morgan fingerprint density at radius 3 is 2.61 bits per heavy atom. The van der Waals surface area contributed by atoms with Crippen molar-refractivity contribution < 1.29 is 12.8 Å². The summed E-state index contributed by atoms with van der Waals surface area (Å²) in [7, 11) is -3.02. The lowest BCUT2D eigenvalue weighted by atomic mass is 9.88. The highest BCUT2D eigenvalue weighted by Crippen LogP contribution is 2.39. The molecule has 0 spiro atoms. The largest absolute Gasteiger partial charge is 0.368 e. The van der Waals surface area contributed by atoms with E-state index in [1.54, 1.807) is 6.20 Å². The minimum atomic E-state index is -3.02. The third kappa shape index (κ3) is 5.39. The SMILES string of the molecule is CC(C)c1ccc(N2C[C@H](CS(C)(=O)=O)[C@H]2C)c2cnc(Nc3cnnc(N4CC[C@H](C)[C@H](F)C4)n3)cc12. The molecule has 38 heavy (non-hydrogen) atoms. The molecule has 0 bridgehead atoms. The molecule has 9 nitrogen and oxygen atoms in total. The normalized spacial score (nSPS) is 24.1. The van der Waals surface area contributed by atoms with Gasteiger partial charge < -0.3 is 15.1 Å². The first-order valence-corrected chi connectivity index (χ1v) is 15.3. The Morgan fingerprint density at radius 2 is 1.92 bits per heavy atom. The number of rotatable bonds is 7. The van der Waals surface area contributed by atoms with E-state index < -0.39 is 16.0 Å². The highest BCUT2D eigenvalue weighted by atomic mass is 32.2. The highest BCUT2D eigenvalue weighted by Gasteiger charge is 2.38. The topological polar surface area (TPSA) is 104 Å². The number of benzene rings is 1. The average molecular weight is 542 g/mol. The van der Waals surface area contributed by atoms with Crippen molar-refractivity contribution in [1.29, 1.82) is 0 Å². The van der Waals surface area contributed by atoms with Crippen LogP contribution < -0.4 is 15.1 Å². The number of halogens is 1. The fraction of sp³-hybridized carbons (Fsp3) is 0.556. The average Bonchev–Trinajstić information content (AvgIpc) is 2.86.